The van der Waals surface area contributed by atoms with E-state index < -0.39 is 0 Å². The molecule has 1 nitrogen and oxygen atoms in total. The molecular weight excluding hydrogens is 318 g/mol. The van der Waals surface area contributed by atoms with E-state index in [4.69, 9.17) is 17.3 Å². The summed E-state index contributed by atoms with van der Waals surface area (Å²) in [6.45, 7) is 4.09. The molecule has 90 valence electrons. The molecule has 0 saturated carbocycles. The van der Waals surface area contributed by atoms with Crippen LogP contribution in [-0.2, 0) is 0 Å². The molecule has 2 rings (SSSR count). The topological polar surface area (TPSA) is 26.0 Å². The number of rotatable bonds is 2. The maximum Gasteiger partial charge on any atom is 0.0704 e. The molecule has 0 fully saturated rings. The normalized spacial score (nSPS) is 12.8. The molecule has 0 radical (unpaired) electrons. The van der Waals surface area contributed by atoms with Crippen LogP contribution in [-0.4, -0.2) is 0 Å². The van der Waals surface area contributed by atoms with Gasteiger partial charge in [0.2, 0.25) is 0 Å². The van der Waals surface area contributed by atoms with Gasteiger partial charge in [-0.25, -0.2) is 0 Å². The minimum Gasteiger partial charge on any atom is -0.320 e. The van der Waals surface area contributed by atoms with Gasteiger partial charge in [-0.05, 0) is 58.6 Å². The molecule has 0 aliphatic heterocycles. The molecule has 0 spiro atoms. The summed E-state index contributed by atoms with van der Waals surface area (Å²) in [7, 11) is 0. The fraction of sp³-hybridized carbons (Fsp3) is 0.231. The molecule has 1 aromatic heterocycles. The number of halogens is 2. The van der Waals surface area contributed by atoms with Crippen LogP contribution in [0, 0.1) is 13.8 Å². The quantitative estimate of drug-likeness (QED) is 0.838. The first-order chi connectivity index (χ1) is 7.99. The number of thiophene rings is 1. The molecule has 0 aliphatic rings. The Labute approximate surface area is 119 Å². The zero-order valence-electron chi connectivity index (χ0n) is 9.63. The van der Waals surface area contributed by atoms with E-state index in [0.717, 1.165) is 19.9 Å². The van der Waals surface area contributed by atoms with Gasteiger partial charge >= 0.3 is 0 Å². The second-order valence-electron chi connectivity index (χ2n) is 4.05. The molecule has 0 aliphatic carbocycles. The highest BCUT2D eigenvalue weighted by Crippen LogP contribution is 2.33. The second kappa shape index (κ2) is 5.11. The van der Waals surface area contributed by atoms with Crippen molar-refractivity contribution in [2.75, 3.05) is 0 Å². The molecule has 1 heterocycles. The minimum absolute atomic E-state index is 0.0893. The molecule has 0 bridgehead atoms. The Hall–Kier alpha value is -0.350. The molecule has 0 amide bonds. The van der Waals surface area contributed by atoms with Gasteiger partial charge in [0.1, 0.15) is 0 Å². The largest absolute Gasteiger partial charge is 0.320 e. The number of benzene rings is 1. The van der Waals surface area contributed by atoms with Crippen LogP contribution in [0.25, 0.3) is 0 Å². The Balaban J connectivity index is 2.40. The van der Waals surface area contributed by atoms with Gasteiger partial charge in [-0.15, -0.1) is 11.3 Å². The monoisotopic (exact) mass is 329 g/mol. The summed E-state index contributed by atoms with van der Waals surface area (Å²) < 4.78 is 1.12. The number of hydrogen-bond acceptors (Lipinski definition) is 2. The van der Waals surface area contributed by atoms with Gasteiger partial charge in [-0.3, -0.25) is 0 Å². The Kier molecular flexibility index (Phi) is 3.93. The summed E-state index contributed by atoms with van der Waals surface area (Å²) in [4.78, 5) is 1.25. The van der Waals surface area contributed by atoms with Crippen molar-refractivity contribution in [3.63, 3.8) is 0 Å². The predicted molar refractivity (Wildman–Crippen MR) is 79.0 cm³/mol. The number of hydrogen-bond donors (Lipinski definition) is 1. The molecule has 1 atom stereocenters. The van der Waals surface area contributed by atoms with Crippen molar-refractivity contribution in [3.05, 3.63) is 54.6 Å². The average molecular weight is 331 g/mol. The first-order valence-electron chi connectivity index (χ1n) is 5.26. The number of aryl methyl sites for hydroxylation is 2. The zero-order chi connectivity index (χ0) is 12.6. The lowest BCUT2D eigenvalue weighted by molar-refractivity contribution is 0.867. The van der Waals surface area contributed by atoms with Crippen molar-refractivity contribution in [2.45, 2.75) is 19.9 Å². The third-order valence-corrected chi connectivity index (χ3v) is 4.80. The third kappa shape index (κ3) is 2.74. The second-order valence-corrected chi connectivity index (χ2v) is 7.09. The van der Waals surface area contributed by atoms with Gasteiger partial charge in [0, 0.05) is 9.90 Å². The highest BCUT2D eigenvalue weighted by molar-refractivity contribution is 9.11. The van der Waals surface area contributed by atoms with Gasteiger partial charge in [-0.1, -0.05) is 23.7 Å². The van der Waals surface area contributed by atoms with Crippen LogP contribution in [0.15, 0.2) is 28.1 Å². The van der Waals surface area contributed by atoms with E-state index >= 15 is 0 Å². The lowest BCUT2D eigenvalue weighted by Gasteiger charge is -2.13. The van der Waals surface area contributed by atoms with Crippen molar-refractivity contribution in [2.24, 2.45) is 5.73 Å². The van der Waals surface area contributed by atoms with Crippen LogP contribution in [0.2, 0.25) is 5.02 Å². The average Bonchev–Trinajstić information content (AvgIpc) is 2.61. The molecule has 2 aromatic rings. The van der Waals surface area contributed by atoms with Crippen LogP contribution in [0.5, 0.6) is 0 Å². The summed E-state index contributed by atoms with van der Waals surface area (Å²) in [5, 5.41) is 0.782. The smallest absolute Gasteiger partial charge is 0.0704 e. The Morgan fingerprint density at radius 3 is 2.53 bits per heavy atom. The van der Waals surface area contributed by atoms with E-state index in [0.29, 0.717) is 0 Å². The molecule has 2 N–H and O–H groups in total. The van der Waals surface area contributed by atoms with Crippen molar-refractivity contribution >= 4 is 38.9 Å². The summed E-state index contributed by atoms with van der Waals surface area (Å²) in [6, 6.07) is 7.95. The van der Waals surface area contributed by atoms with E-state index in [1.54, 1.807) is 11.3 Å². The van der Waals surface area contributed by atoms with Gasteiger partial charge < -0.3 is 5.73 Å². The summed E-state index contributed by atoms with van der Waals surface area (Å²) in [5.41, 5.74) is 9.62. The molecule has 4 heteroatoms. The van der Waals surface area contributed by atoms with Crippen molar-refractivity contribution in [3.8, 4) is 0 Å². The van der Waals surface area contributed by atoms with E-state index in [-0.39, 0.29) is 6.04 Å². The van der Waals surface area contributed by atoms with Gasteiger partial charge in [0.15, 0.2) is 0 Å². The highest BCUT2D eigenvalue weighted by Gasteiger charge is 2.14. The van der Waals surface area contributed by atoms with Crippen LogP contribution < -0.4 is 5.73 Å². The van der Waals surface area contributed by atoms with Gasteiger partial charge in [0.05, 0.1) is 9.83 Å². The SMILES string of the molecule is Cc1cc(C(N)c2cc(Br)sc2C)ccc1Cl. The molecule has 17 heavy (non-hydrogen) atoms. The van der Waals surface area contributed by atoms with E-state index in [9.17, 15) is 0 Å². The maximum atomic E-state index is 6.29. The fourth-order valence-electron chi connectivity index (χ4n) is 1.81. The summed E-state index contributed by atoms with van der Waals surface area (Å²) >= 11 is 11.2. The standard InChI is InChI=1S/C13H13BrClNS/c1-7-5-9(3-4-11(7)15)13(16)10-6-12(14)17-8(10)2/h3-6,13H,16H2,1-2H3. The first kappa shape index (κ1) is 13.1. The lowest BCUT2D eigenvalue weighted by atomic mass is 9.99. The minimum atomic E-state index is -0.0893. The van der Waals surface area contributed by atoms with E-state index in [2.05, 4.69) is 35.0 Å². The maximum absolute atomic E-state index is 6.29. The molecule has 1 unspecified atom stereocenters. The summed E-state index contributed by atoms with van der Waals surface area (Å²) in [6.07, 6.45) is 0. The first-order valence-corrected chi connectivity index (χ1v) is 7.25. The fourth-order valence-corrected chi connectivity index (χ4v) is 3.68. The van der Waals surface area contributed by atoms with E-state index in [1.807, 2.05) is 19.1 Å². The van der Waals surface area contributed by atoms with Crippen molar-refractivity contribution in [1.82, 2.24) is 0 Å². The van der Waals surface area contributed by atoms with Crippen LogP contribution in [0.1, 0.15) is 27.6 Å². The summed E-state index contributed by atoms with van der Waals surface area (Å²) in [5.74, 6) is 0. The molecule has 0 saturated heterocycles. The van der Waals surface area contributed by atoms with Crippen molar-refractivity contribution in [1.29, 1.82) is 0 Å². The predicted octanol–water partition coefficient (Wildman–Crippen LogP) is 4.83. The third-order valence-electron chi connectivity index (χ3n) is 2.80. The van der Waals surface area contributed by atoms with Crippen LogP contribution in [0.3, 0.4) is 0 Å². The van der Waals surface area contributed by atoms with Gasteiger partial charge in [-0.2, -0.15) is 0 Å². The molecular formula is C13H13BrClNS. The van der Waals surface area contributed by atoms with Crippen molar-refractivity contribution < 1.29 is 0 Å². The zero-order valence-corrected chi connectivity index (χ0v) is 12.8. The van der Waals surface area contributed by atoms with Gasteiger partial charge in [0.25, 0.3) is 0 Å². The lowest BCUT2D eigenvalue weighted by Crippen LogP contribution is -2.12. The Morgan fingerprint density at radius 1 is 1.29 bits per heavy atom. The molecule has 1 aromatic carbocycles. The Bertz CT molecular complexity index is 550. The van der Waals surface area contributed by atoms with Crippen LogP contribution in [0.4, 0.5) is 0 Å². The number of nitrogens with two attached hydrogens (primary N) is 1. The van der Waals surface area contributed by atoms with E-state index in [1.165, 1.54) is 10.4 Å². The van der Waals surface area contributed by atoms with Crippen LogP contribution >= 0.6 is 38.9 Å². The Morgan fingerprint density at radius 2 is 2.00 bits per heavy atom. The highest BCUT2D eigenvalue weighted by atomic mass is 79.9.